The van der Waals surface area contributed by atoms with Crippen LogP contribution in [0.2, 0.25) is 0 Å². The molecule has 1 unspecified atom stereocenters. The van der Waals surface area contributed by atoms with Crippen molar-refractivity contribution in [3.63, 3.8) is 0 Å². The van der Waals surface area contributed by atoms with Gasteiger partial charge in [0.1, 0.15) is 0 Å². The minimum absolute atomic E-state index is 0.0323. The number of unbranched alkanes of at least 4 members (excludes halogenated alkanes) is 1. The summed E-state index contributed by atoms with van der Waals surface area (Å²) in [7, 11) is 0. The van der Waals surface area contributed by atoms with Crippen LogP contribution in [0.25, 0.3) is 0 Å². The highest BCUT2D eigenvalue weighted by Gasteiger charge is 2.13. The summed E-state index contributed by atoms with van der Waals surface area (Å²) in [6.45, 7) is 3.25. The number of rotatable bonds is 8. The maximum atomic E-state index is 12.2. The van der Waals surface area contributed by atoms with Gasteiger partial charge in [0.2, 0.25) is 0 Å². The van der Waals surface area contributed by atoms with Crippen molar-refractivity contribution >= 4 is 5.91 Å². The van der Waals surface area contributed by atoms with Crippen LogP contribution >= 0.6 is 0 Å². The van der Waals surface area contributed by atoms with Gasteiger partial charge in [0.05, 0.1) is 18.3 Å². The van der Waals surface area contributed by atoms with Crippen LogP contribution < -0.4 is 11.1 Å². The Morgan fingerprint density at radius 3 is 2.82 bits per heavy atom. The van der Waals surface area contributed by atoms with Crippen LogP contribution in [0.15, 0.2) is 42.7 Å². The molecule has 2 aromatic rings. The highest BCUT2D eigenvalue weighted by atomic mass is 16.1. The summed E-state index contributed by atoms with van der Waals surface area (Å²) in [5.74, 6) is -0.106. The minimum Gasteiger partial charge on any atom is -0.348 e. The molecule has 2 rings (SSSR count). The van der Waals surface area contributed by atoms with Gasteiger partial charge in [0.15, 0.2) is 0 Å². The second-order valence-electron chi connectivity index (χ2n) is 5.46. The highest BCUT2D eigenvalue weighted by molar-refractivity contribution is 5.93. The lowest BCUT2D eigenvalue weighted by Gasteiger charge is -2.15. The van der Waals surface area contributed by atoms with Gasteiger partial charge >= 0.3 is 0 Å². The van der Waals surface area contributed by atoms with Crippen molar-refractivity contribution in [1.29, 1.82) is 0 Å². The first kappa shape index (κ1) is 16.2. The molecular weight excluding hydrogens is 276 g/mol. The van der Waals surface area contributed by atoms with E-state index in [4.69, 9.17) is 5.73 Å². The van der Waals surface area contributed by atoms with Crippen LogP contribution in [0, 0.1) is 0 Å². The van der Waals surface area contributed by atoms with Crippen LogP contribution in [0.3, 0.4) is 0 Å². The lowest BCUT2D eigenvalue weighted by atomic mass is 10.1. The molecular formula is C17H24N4O. The van der Waals surface area contributed by atoms with Crippen LogP contribution in [0.5, 0.6) is 0 Å². The maximum Gasteiger partial charge on any atom is 0.254 e. The molecule has 1 atom stereocenters. The van der Waals surface area contributed by atoms with Crippen LogP contribution in [0.1, 0.15) is 42.1 Å². The number of amides is 1. The largest absolute Gasteiger partial charge is 0.348 e. The van der Waals surface area contributed by atoms with Gasteiger partial charge in [-0.1, -0.05) is 50.1 Å². The fraction of sp³-hybridized carbons (Fsp3) is 0.412. The average molecular weight is 300 g/mol. The number of nitrogens with one attached hydrogen (secondary N) is 1. The van der Waals surface area contributed by atoms with Gasteiger partial charge in [-0.2, -0.15) is 5.10 Å². The Bertz CT molecular complexity index is 579. The number of carbonyl (C=O) groups is 1. The number of hydrogen-bond acceptors (Lipinski definition) is 3. The fourth-order valence-corrected chi connectivity index (χ4v) is 2.31. The zero-order chi connectivity index (χ0) is 15.8. The number of hydrogen-bond donors (Lipinski definition) is 2. The van der Waals surface area contributed by atoms with Crippen LogP contribution in [-0.2, 0) is 6.54 Å². The van der Waals surface area contributed by atoms with E-state index in [-0.39, 0.29) is 11.9 Å². The first-order valence-electron chi connectivity index (χ1n) is 7.80. The topological polar surface area (TPSA) is 72.9 Å². The lowest BCUT2D eigenvalue weighted by Crippen LogP contribution is -2.40. The Balaban J connectivity index is 1.94. The third-order valence-corrected chi connectivity index (χ3v) is 3.61. The van der Waals surface area contributed by atoms with Crippen molar-refractivity contribution in [3.05, 3.63) is 53.9 Å². The van der Waals surface area contributed by atoms with E-state index in [0.29, 0.717) is 18.7 Å². The third-order valence-electron chi connectivity index (χ3n) is 3.61. The van der Waals surface area contributed by atoms with Gasteiger partial charge in [-0.05, 0) is 12.0 Å². The van der Waals surface area contributed by atoms with Crippen molar-refractivity contribution in [1.82, 2.24) is 15.1 Å². The van der Waals surface area contributed by atoms with E-state index >= 15 is 0 Å². The van der Waals surface area contributed by atoms with Gasteiger partial charge in [-0.15, -0.1) is 0 Å². The van der Waals surface area contributed by atoms with Gasteiger partial charge in [0, 0.05) is 18.8 Å². The summed E-state index contributed by atoms with van der Waals surface area (Å²) in [5, 5.41) is 7.23. The van der Waals surface area contributed by atoms with Crippen molar-refractivity contribution < 1.29 is 4.79 Å². The first-order valence-corrected chi connectivity index (χ1v) is 7.80. The zero-order valence-electron chi connectivity index (χ0n) is 13.0. The summed E-state index contributed by atoms with van der Waals surface area (Å²) in [6.07, 6.45) is 6.45. The van der Waals surface area contributed by atoms with E-state index < -0.39 is 0 Å². The monoisotopic (exact) mass is 300 g/mol. The third kappa shape index (κ3) is 4.70. The molecule has 1 amide bonds. The fourth-order valence-electron chi connectivity index (χ4n) is 2.31. The van der Waals surface area contributed by atoms with Gasteiger partial charge in [-0.25, -0.2) is 0 Å². The van der Waals surface area contributed by atoms with E-state index in [9.17, 15) is 4.79 Å². The number of benzene rings is 1. The molecule has 5 heteroatoms. The molecule has 1 heterocycles. The molecule has 1 aromatic carbocycles. The Morgan fingerprint density at radius 2 is 2.14 bits per heavy atom. The Hall–Kier alpha value is -2.14. The van der Waals surface area contributed by atoms with Gasteiger partial charge in [-0.3, -0.25) is 9.48 Å². The Labute approximate surface area is 131 Å². The lowest BCUT2D eigenvalue weighted by molar-refractivity contribution is 0.0935. The maximum absolute atomic E-state index is 12.2. The SMILES string of the molecule is CCCCC(CN)NC(=O)c1cnn(Cc2ccccc2)c1. The molecule has 22 heavy (non-hydrogen) atoms. The molecule has 0 saturated carbocycles. The molecule has 0 bridgehead atoms. The normalized spacial score (nSPS) is 12.1. The van der Waals surface area contributed by atoms with E-state index in [2.05, 4.69) is 17.3 Å². The number of carbonyl (C=O) groups excluding carboxylic acids is 1. The van der Waals surface area contributed by atoms with Crippen molar-refractivity contribution in [2.45, 2.75) is 38.8 Å². The van der Waals surface area contributed by atoms with Crippen LogP contribution in [0.4, 0.5) is 0 Å². The van der Waals surface area contributed by atoms with Crippen LogP contribution in [-0.4, -0.2) is 28.3 Å². The minimum atomic E-state index is -0.106. The first-order chi connectivity index (χ1) is 10.7. The smallest absolute Gasteiger partial charge is 0.254 e. The van der Waals surface area contributed by atoms with E-state index in [1.54, 1.807) is 17.1 Å². The number of nitrogens with two attached hydrogens (primary N) is 1. The standard InChI is InChI=1S/C17H24N4O/c1-2-3-9-16(10-18)20-17(22)15-11-19-21(13-15)12-14-7-5-4-6-8-14/h4-8,11,13,16H,2-3,9-10,12,18H2,1H3,(H,20,22). The Kier molecular flexibility index (Phi) is 6.15. The summed E-state index contributed by atoms with van der Waals surface area (Å²) in [4.78, 5) is 12.2. The summed E-state index contributed by atoms with van der Waals surface area (Å²) in [5.41, 5.74) is 7.44. The predicted molar refractivity (Wildman–Crippen MR) is 87.6 cm³/mol. The number of nitrogens with zero attached hydrogens (tertiary/aromatic N) is 2. The summed E-state index contributed by atoms with van der Waals surface area (Å²) in [6, 6.07) is 10.1. The van der Waals surface area contributed by atoms with Gasteiger partial charge in [0.25, 0.3) is 5.91 Å². The molecule has 0 spiro atoms. The van der Waals surface area contributed by atoms with E-state index in [0.717, 1.165) is 24.8 Å². The van der Waals surface area contributed by atoms with Gasteiger partial charge < -0.3 is 11.1 Å². The number of aromatic nitrogens is 2. The molecule has 0 aliphatic carbocycles. The summed E-state index contributed by atoms with van der Waals surface area (Å²) >= 11 is 0. The second-order valence-corrected chi connectivity index (χ2v) is 5.46. The van der Waals surface area contributed by atoms with Crippen molar-refractivity contribution in [3.8, 4) is 0 Å². The molecule has 3 N–H and O–H groups in total. The zero-order valence-corrected chi connectivity index (χ0v) is 13.0. The van der Waals surface area contributed by atoms with Crippen molar-refractivity contribution in [2.24, 2.45) is 5.73 Å². The molecule has 0 aliphatic heterocycles. The Morgan fingerprint density at radius 1 is 1.36 bits per heavy atom. The highest BCUT2D eigenvalue weighted by Crippen LogP contribution is 2.05. The van der Waals surface area contributed by atoms with Crippen molar-refractivity contribution in [2.75, 3.05) is 6.54 Å². The summed E-state index contributed by atoms with van der Waals surface area (Å²) < 4.78 is 1.77. The molecule has 5 nitrogen and oxygen atoms in total. The molecule has 118 valence electrons. The molecule has 0 aliphatic rings. The molecule has 1 aromatic heterocycles. The van der Waals surface area contributed by atoms with E-state index in [1.807, 2.05) is 30.3 Å². The quantitative estimate of drug-likeness (QED) is 0.785. The molecule has 0 radical (unpaired) electrons. The van der Waals surface area contributed by atoms with E-state index in [1.165, 1.54) is 0 Å². The predicted octanol–water partition coefficient (Wildman–Crippen LogP) is 2.18. The average Bonchev–Trinajstić information content (AvgIpc) is 3.01. The molecule has 0 saturated heterocycles. The molecule has 0 fully saturated rings. The second kappa shape index (κ2) is 8.34.